The fraction of sp³-hybridized carbons (Fsp3) is 0.556. The maximum absolute atomic E-state index is 4.15. The normalized spacial score (nSPS) is 12.8. The molecule has 0 aliphatic carbocycles. The van der Waals surface area contributed by atoms with Crippen LogP contribution < -0.4 is 3.53 Å². The SMILES string of the molecule is C=C(CC)NI=CC(CC)=NC. The summed E-state index contributed by atoms with van der Waals surface area (Å²) in [6.07, 6.45) is 2.04. The van der Waals surface area contributed by atoms with Gasteiger partial charge >= 0.3 is 0 Å². The number of aliphatic imine (C=N–C) groups is 1. The molecule has 1 N–H and O–H groups in total. The Morgan fingerprint density at radius 3 is 2.58 bits per heavy atom. The number of hydrogen-bond donors (Lipinski definition) is 1. The van der Waals surface area contributed by atoms with Gasteiger partial charge in [0.25, 0.3) is 0 Å². The maximum atomic E-state index is 4.15. The van der Waals surface area contributed by atoms with E-state index in [0.717, 1.165) is 18.5 Å². The first-order valence-electron chi connectivity index (χ1n) is 4.09. The van der Waals surface area contributed by atoms with Crippen LogP contribution in [0.5, 0.6) is 0 Å². The van der Waals surface area contributed by atoms with Crippen LogP contribution in [-0.2, 0) is 0 Å². The molecule has 0 saturated carbocycles. The monoisotopic (exact) mass is 280 g/mol. The van der Waals surface area contributed by atoms with Gasteiger partial charge in [-0.2, -0.15) is 0 Å². The van der Waals surface area contributed by atoms with Crippen LogP contribution in [0.1, 0.15) is 26.7 Å². The molecule has 0 aromatic carbocycles. The van der Waals surface area contributed by atoms with E-state index in [1.807, 2.05) is 7.05 Å². The molecule has 0 aromatic heterocycles. The molecule has 0 aliphatic heterocycles. The third-order valence-electron chi connectivity index (χ3n) is 1.44. The molecular weight excluding hydrogens is 263 g/mol. The molecule has 0 fully saturated rings. The molecule has 0 radical (unpaired) electrons. The quantitative estimate of drug-likeness (QED) is 0.467. The van der Waals surface area contributed by atoms with Gasteiger partial charge in [-0.3, -0.25) is 4.99 Å². The van der Waals surface area contributed by atoms with Gasteiger partial charge in [0.05, 0.1) is 0 Å². The van der Waals surface area contributed by atoms with Gasteiger partial charge < -0.3 is 3.53 Å². The van der Waals surface area contributed by atoms with Crippen molar-refractivity contribution in [1.82, 2.24) is 3.53 Å². The largest absolute Gasteiger partial charge is 0.338 e. The summed E-state index contributed by atoms with van der Waals surface area (Å²) in [6.45, 7) is 8.11. The highest BCUT2D eigenvalue weighted by molar-refractivity contribution is 14.2. The molecular formula is C9H17IN2. The van der Waals surface area contributed by atoms with E-state index in [-0.39, 0.29) is 21.0 Å². The second-order valence-corrected chi connectivity index (χ2v) is 4.12. The summed E-state index contributed by atoms with van der Waals surface area (Å²) >= 11 is -0.0801. The lowest BCUT2D eigenvalue weighted by molar-refractivity contribution is 1.05. The lowest BCUT2D eigenvalue weighted by Crippen LogP contribution is -2.00. The Bertz CT molecular complexity index is 195. The Balaban J connectivity index is 3.82. The van der Waals surface area contributed by atoms with E-state index in [0.29, 0.717) is 0 Å². The Morgan fingerprint density at radius 2 is 2.17 bits per heavy atom. The number of allylic oxidation sites excluding steroid dienone is 1. The number of halogens is 1. The van der Waals surface area contributed by atoms with Crippen molar-refractivity contribution in [2.75, 3.05) is 7.05 Å². The van der Waals surface area contributed by atoms with Crippen LogP contribution in [0.4, 0.5) is 0 Å². The second-order valence-electron chi connectivity index (χ2n) is 2.34. The minimum Gasteiger partial charge on any atom is -0.338 e. The van der Waals surface area contributed by atoms with E-state index >= 15 is 0 Å². The molecule has 0 rings (SSSR count). The van der Waals surface area contributed by atoms with Crippen molar-refractivity contribution in [2.24, 2.45) is 4.99 Å². The molecule has 12 heavy (non-hydrogen) atoms. The van der Waals surface area contributed by atoms with Crippen molar-refractivity contribution in [1.29, 1.82) is 0 Å². The first kappa shape index (κ1) is 11.8. The highest BCUT2D eigenvalue weighted by Gasteiger charge is 1.87. The summed E-state index contributed by atoms with van der Waals surface area (Å²) in [5, 5.41) is 0. The van der Waals surface area contributed by atoms with Crippen LogP contribution in [0.25, 0.3) is 0 Å². The standard InChI is InChI=1S/C9H17IN2/c1-5-8(3)12-10-7-9(6-2)11-4/h7,12H,3,5-6H2,1-2,4H3. The Kier molecular flexibility index (Phi) is 7.34. The molecule has 0 aromatic rings. The molecule has 0 aliphatic rings. The van der Waals surface area contributed by atoms with Crippen molar-refractivity contribution in [3.8, 4) is 0 Å². The number of nitrogens with one attached hydrogen (secondary N) is 1. The van der Waals surface area contributed by atoms with Gasteiger partial charge in [-0.25, -0.2) is 0 Å². The summed E-state index contributed by atoms with van der Waals surface area (Å²) in [6, 6.07) is 0. The van der Waals surface area contributed by atoms with Crippen LogP contribution in [0, 0.1) is 0 Å². The molecule has 0 saturated heterocycles. The van der Waals surface area contributed by atoms with Gasteiger partial charge in [-0.05, 0) is 33.8 Å². The number of hydrogen-bond acceptors (Lipinski definition) is 2. The third-order valence-corrected chi connectivity index (χ3v) is 3.55. The predicted octanol–water partition coefficient (Wildman–Crippen LogP) is 2.67. The topological polar surface area (TPSA) is 24.4 Å². The zero-order valence-electron chi connectivity index (χ0n) is 8.02. The van der Waals surface area contributed by atoms with E-state index in [4.69, 9.17) is 0 Å². The van der Waals surface area contributed by atoms with Crippen LogP contribution in [-0.4, -0.2) is 16.8 Å². The molecule has 0 atom stereocenters. The van der Waals surface area contributed by atoms with Gasteiger partial charge in [0, 0.05) is 22.5 Å². The molecule has 0 spiro atoms. The van der Waals surface area contributed by atoms with Crippen molar-refractivity contribution in [3.63, 3.8) is 0 Å². The first-order chi connectivity index (χ1) is 5.74. The zero-order chi connectivity index (χ0) is 9.40. The van der Waals surface area contributed by atoms with Crippen LogP contribution in [0.15, 0.2) is 17.3 Å². The fourth-order valence-electron chi connectivity index (χ4n) is 0.518. The van der Waals surface area contributed by atoms with Crippen LogP contribution in [0.2, 0.25) is 0 Å². The van der Waals surface area contributed by atoms with E-state index < -0.39 is 0 Å². The average Bonchev–Trinajstić information content (AvgIpc) is 2.12. The second kappa shape index (κ2) is 7.46. The lowest BCUT2D eigenvalue weighted by Gasteiger charge is -1.99. The molecule has 0 amide bonds. The third kappa shape index (κ3) is 5.46. The van der Waals surface area contributed by atoms with Gasteiger partial charge in [0.15, 0.2) is 0 Å². The summed E-state index contributed by atoms with van der Waals surface area (Å²) in [5.74, 6) is 0. The fourth-order valence-corrected chi connectivity index (χ4v) is 2.57. The van der Waals surface area contributed by atoms with E-state index in [9.17, 15) is 0 Å². The summed E-state index contributed by atoms with van der Waals surface area (Å²) in [7, 11) is 1.84. The molecule has 70 valence electrons. The Morgan fingerprint density at radius 1 is 1.50 bits per heavy atom. The predicted molar refractivity (Wildman–Crippen MR) is 66.3 cm³/mol. The van der Waals surface area contributed by atoms with E-state index in [1.165, 1.54) is 5.71 Å². The Labute approximate surface area is 85.3 Å². The van der Waals surface area contributed by atoms with Crippen molar-refractivity contribution in [3.05, 3.63) is 12.3 Å². The highest BCUT2D eigenvalue weighted by Crippen LogP contribution is 1.98. The molecule has 0 heterocycles. The minimum atomic E-state index is -0.0801. The Hall–Kier alpha value is -0.190. The minimum absolute atomic E-state index is 0.0801. The van der Waals surface area contributed by atoms with Gasteiger partial charge in [0.2, 0.25) is 0 Å². The van der Waals surface area contributed by atoms with Crippen molar-refractivity contribution in [2.45, 2.75) is 26.7 Å². The first-order valence-corrected chi connectivity index (χ1v) is 6.42. The number of rotatable bonds is 5. The van der Waals surface area contributed by atoms with Crippen molar-refractivity contribution < 1.29 is 0 Å². The van der Waals surface area contributed by atoms with E-state index in [1.54, 1.807) is 0 Å². The average molecular weight is 280 g/mol. The van der Waals surface area contributed by atoms with E-state index in [2.05, 4.69) is 33.0 Å². The molecule has 0 unspecified atom stereocenters. The van der Waals surface area contributed by atoms with Gasteiger partial charge in [-0.15, -0.1) is 0 Å². The highest BCUT2D eigenvalue weighted by atomic mass is 127. The molecule has 0 bridgehead atoms. The van der Waals surface area contributed by atoms with Gasteiger partial charge in [0.1, 0.15) is 0 Å². The number of nitrogens with zero attached hydrogens (tertiary/aromatic N) is 1. The molecule has 3 heteroatoms. The lowest BCUT2D eigenvalue weighted by atomic mass is 10.3. The van der Waals surface area contributed by atoms with Crippen LogP contribution in [0.3, 0.4) is 0 Å². The summed E-state index contributed by atoms with van der Waals surface area (Å²) in [5.41, 5.74) is 2.32. The van der Waals surface area contributed by atoms with Crippen LogP contribution >= 0.6 is 21.0 Å². The maximum Gasteiger partial charge on any atom is 0.0412 e. The summed E-state index contributed by atoms with van der Waals surface area (Å²) < 4.78 is 5.52. The smallest absolute Gasteiger partial charge is 0.0412 e. The van der Waals surface area contributed by atoms with Gasteiger partial charge in [-0.1, -0.05) is 20.4 Å². The summed E-state index contributed by atoms with van der Waals surface area (Å²) in [4.78, 5) is 4.15. The molecule has 2 nitrogen and oxygen atoms in total. The van der Waals surface area contributed by atoms with Crippen molar-refractivity contribution >= 4 is 30.7 Å². The zero-order valence-corrected chi connectivity index (χ0v) is 10.2.